The minimum absolute atomic E-state index is 0.476. The molecule has 0 atom stereocenters. The molecule has 3 nitrogen and oxygen atoms in total. The molecule has 0 saturated heterocycles. The molecule has 0 bridgehead atoms. The number of pyridine rings is 1. The van der Waals surface area contributed by atoms with Crippen LogP contribution in [0.5, 0.6) is 17.4 Å². The van der Waals surface area contributed by atoms with Crippen LogP contribution < -0.4 is 9.47 Å². The Morgan fingerprint density at radius 2 is 2.06 bits per heavy atom. The Morgan fingerprint density at radius 1 is 1.22 bits per heavy atom. The van der Waals surface area contributed by atoms with Crippen molar-refractivity contribution in [1.29, 1.82) is 0 Å². The van der Waals surface area contributed by atoms with Gasteiger partial charge < -0.3 is 9.47 Å². The van der Waals surface area contributed by atoms with Gasteiger partial charge in [-0.3, -0.25) is 0 Å². The summed E-state index contributed by atoms with van der Waals surface area (Å²) in [5.41, 5.74) is 1.17. The van der Waals surface area contributed by atoms with E-state index < -0.39 is 0 Å². The smallest absolute Gasteiger partial charge is 0.262 e. The van der Waals surface area contributed by atoms with Crippen LogP contribution in [-0.4, -0.2) is 11.6 Å². The van der Waals surface area contributed by atoms with Crippen molar-refractivity contribution < 1.29 is 9.47 Å². The summed E-state index contributed by atoms with van der Waals surface area (Å²) in [4.78, 5) is 4.19. The molecule has 18 heavy (non-hydrogen) atoms. The van der Waals surface area contributed by atoms with Crippen LogP contribution in [0.2, 0.25) is 0 Å². The summed E-state index contributed by atoms with van der Waals surface area (Å²) in [5, 5.41) is 0. The quantitative estimate of drug-likeness (QED) is 0.842. The maximum absolute atomic E-state index is 5.76. The van der Waals surface area contributed by atoms with E-state index >= 15 is 0 Å². The van der Waals surface area contributed by atoms with Gasteiger partial charge >= 0.3 is 0 Å². The fraction of sp³-hybridized carbons (Fsp3) is 0.214. The Balaban J connectivity index is 2.28. The highest BCUT2D eigenvalue weighted by atomic mass is 79.9. The van der Waals surface area contributed by atoms with Gasteiger partial charge in [-0.15, -0.1) is 0 Å². The van der Waals surface area contributed by atoms with Crippen LogP contribution in [0, 0.1) is 6.92 Å². The fourth-order valence-corrected chi connectivity index (χ4v) is 2.09. The normalized spacial score (nSPS) is 10.2. The zero-order valence-electron chi connectivity index (χ0n) is 10.3. The van der Waals surface area contributed by atoms with Gasteiger partial charge in [0, 0.05) is 6.20 Å². The Morgan fingerprint density at radius 3 is 2.78 bits per heavy atom. The van der Waals surface area contributed by atoms with Crippen molar-refractivity contribution in [2.75, 3.05) is 6.61 Å². The largest absolute Gasteiger partial charge is 0.488 e. The van der Waals surface area contributed by atoms with Crippen LogP contribution in [-0.2, 0) is 0 Å². The lowest BCUT2D eigenvalue weighted by molar-refractivity contribution is 0.316. The lowest BCUT2D eigenvalue weighted by Gasteiger charge is -2.11. The second-order valence-electron chi connectivity index (χ2n) is 3.78. The number of hydrogen-bond acceptors (Lipinski definition) is 3. The van der Waals surface area contributed by atoms with Gasteiger partial charge in [0.2, 0.25) is 0 Å². The molecule has 1 heterocycles. The number of hydrogen-bond donors (Lipinski definition) is 0. The summed E-state index contributed by atoms with van der Waals surface area (Å²) in [7, 11) is 0. The van der Waals surface area contributed by atoms with Crippen LogP contribution >= 0.6 is 15.9 Å². The van der Waals surface area contributed by atoms with Crippen molar-refractivity contribution in [2.24, 2.45) is 0 Å². The number of aromatic nitrogens is 1. The molecule has 0 saturated carbocycles. The summed E-state index contributed by atoms with van der Waals surface area (Å²) in [5.74, 6) is 1.84. The van der Waals surface area contributed by atoms with E-state index in [-0.39, 0.29) is 0 Å². The molecule has 0 unspecified atom stereocenters. The van der Waals surface area contributed by atoms with Crippen LogP contribution in [0.1, 0.15) is 12.5 Å². The summed E-state index contributed by atoms with van der Waals surface area (Å²) >= 11 is 3.47. The standard InChI is InChI=1S/C14H14BrNO2/c1-3-17-13-5-4-8-16-14(13)18-12-7-6-10(2)9-11(12)15/h4-9H,3H2,1-2H3. The second-order valence-corrected chi connectivity index (χ2v) is 4.63. The Hall–Kier alpha value is -1.55. The first-order chi connectivity index (χ1) is 8.70. The first kappa shape index (κ1) is 12.9. The first-order valence-corrected chi connectivity index (χ1v) is 6.52. The van der Waals surface area contributed by atoms with Crippen molar-refractivity contribution in [3.8, 4) is 17.4 Å². The molecular formula is C14H14BrNO2. The average Bonchev–Trinajstić information content (AvgIpc) is 2.35. The van der Waals surface area contributed by atoms with Crippen LogP contribution in [0.4, 0.5) is 0 Å². The third kappa shape index (κ3) is 3.01. The molecule has 0 fully saturated rings. The van der Waals surface area contributed by atoms with E-state index in [9.17, 15) is 0 Å². The summed E-state index contributed by atoms with van der Waals surface area (Å²) in [6, 6.07) is 9.56. The molecule has 0 aliphatic rings. The molecule has 1 aromatic carbocycles. The lowest BCUT2D eigenvalue weighted by atomic mass is 10.2. The van der Waals surface area contributed by atoms with E-state index in [0.717, 1.165) is 10.2 Å². The van der Waals surface area contributed by atoms with Gasteiger partial charge in [-0.25, -0.2) is 4.98 Å². The van der Waals surface area contributed by atoms with Crippen molar-refractivity contribution in [2.45, 2.75) is 13.8 Å². The third-order valence-electron chi connectivity index (χ3n) is 2.33. The van der Waals surface area contributed by atoms with Gasteiger partial charge in [-0.05, 0) is 59.6 Å². The molecule has 0 aliphatic heterocycles. The Labute approximate surface area is 115 Å². The zero-order valence-corrected chi connectivity index (χ0v) is 11.9. The van der Waals surface area contributed by atoms with Gasteiger partial charge in [0.1, 0.15) is 5.75 Å². The molecule has 0 radical (unpaired) electrons. The van der Waals surface area contributed by atoms with E-state index in [1.165, 1.54) is 5.56 Å². The van der Waals surface area contributed by atoms with Crippen molar-refractivity contribution in [3.63, 3.8) is 0 Å². The lowest BCUT2D eigenvalue weighted by Crippen LogP contribution is -1.97. The number of rotatable bonds is 4. The third-order valence-corrected chi connectivity index (χ3v) is 2.95. The van der Waals surface area contributed by atoms with Crippen LogP contribution in [0.3, 0.4) is 0 Å². The molecule has 0 N–H and O–H groups in total. The number of ether oxygens (including phenoxy) is 2. The van der Waals surface area contributed by atoms with Crippen LogP contribution in [0.25, 0.3) is 0 Å². The van der Waals surface area contributed by atoms with E-state index in [0.29, 0.717) is 18.2 Å². The highest BCUT2D eigenvalue weighted by molar-refractivity contribution is 9.10. The Kier molecular flexibility index (Phi) is 4.20. The minimum atomic E-state index is 0.476. The topological polar surface area (TPSA) is 31.4 Å². The van der Waals surface area contributed by atoms with E-state index in [1.807, 2.05) is 44.2 Å². The van der Waals surface area contributed by atoms with Crippen molar-refractivity contribution in [3.05, 3.63) is 46.6 Å². The van der Waals surface area contributed by atoms with Crippen molar-refractivity contribution in [1.82, 2.24) is 4.98 Å². The molecule has 1 aromatic heterocycles. The predicted octanol–water partition coefficient (Wildman–Crippen LogP) is 4.34. The van der Waals surface area contributed by atoms with Gasteiger partial charge in [0.25, 0.3) is 5.88 Å². The molecule has 4 heteroatoms. The van der Waals surface area contributed by atoms with Gasteiger partial charge in [-0.1, -0.05) is 6.07 Å². The van der Waals surface area contributed by atoms with Crippen LogP contribution in [0.15, 0.2) is 41.0 Å². The molecule has 94 valence electrons. The number of benzene rings is 1. The maximum atomic E-state index is 5.76. The zero-order chi connectivity index (χ0) is 13.0. The van der Waals surface area contributed by atoms with E-state index in [4.69, 9.17) is 9.47 Å². The number of aryl methyl sites for hydroxylation is 1. The summed E-state index contributed by atoms with van der Waals surface area (Å²) < 4.78 is 12.1. The van der Waals surface area contributed by atoms with Gasteiger partial charge in [0.15, 0.2) is 5.75 Å². The van der Waals surface area contributed by atoms with Gasteiger partial charge in [-0.2, -0.15) is 0 Å². The highest BCUT2D eigenvalue weighted by Crippen LogP contribution is 2.33. The molecule has 0 spiro atoms. The molecule has 2 rings (SSSR count). The SMILES string of the molecule is CCOc1cccnc1Oc1ccc(C)cc1Br. The van der Waals surface area contributed by atoms with Gasteiger partial charge in [0.05, 0.1) is 11.1 Å². The Bertz CT molecular complexity index is 543. The first-order valence-electron chi connectivity index (χ1n) is 5.72. The molecule has 0 aliphatic carbocycles. The molecule has 2 aromatic rings. The van der Waals surface area contributed by atoms with E-state index in [2.05, 4.69) is 20.9 Å². The fourth-order valence-electron chi connectivity index (χ4n) is 1.51. The molecule has 0 amide bonds. The second kappa shape index (κ2) is 5.87. The predicted molar refractivity (Wildman–Crippen MR) is 74.4 cm³/mol. The monoisotopic (exact) mass is 307 g/mol. The summed E-state index contributed by atoms with van der Waals surface area (Å²) in [6.07, 6.45) is 1.68. The minimum Gasteiger partial charge on any atom is -0.488 e. The molecular weight excluding hydrogens is 294 g/mol. The summed E-state index contributed by atoms with van der Waals surface area (Å²) in [6.45, 7) is 4.54. The van der Waals surface area contributed by atoms with E-state index in [1.54, 1.807) is 6.20 Å². The maximum Gasteiger partial charge on any atom is 0.262 e. The average molecular weight is 308 g/mol. The number of halogens is 1. The van der Waals surface area contributed by atoms with Crippen molar-refractivity contribution >= 4 is 15.9 Å². The highest BCUT2D eigenvalue weighted by Gasteiger charge is 2.09. The number of nitrogens with zero attached hydrogens (tertiary/aromatic N) is 1.